The zero-order chi connectivity index (χ0) is 19.7. The molecule has 154 valence electrons. The fourth-order valence-corrected chi connectivity index (χ4v) is 4.20. The minimum atomic E-state index is -0.165. The molecule has 0 atom stereocenters. The molecule has 0 spiro atoms. The van der Waals surface area contributed by atoms with Gasteiger partial charge in [-0.05, 0) is 49.7 Å². The van der Waals surface area contributed by atoms with Gasteiger partial charge in [-0.25, -0.2) is 0 Å². The van der Waals surface area contributed by atoms with Gasteiger partial charge in [0.05, 0.1) is 11.1 Å². The second-order valence-electron chi connectivity index (χ2n) is 7.42. The normalized spacial score (nSPS) is 16.8. The summed E-state index contributed by atoms with van der Waals surface area (Å²) in [4.78, 5) is 31.0. The van der Waals surface area contributed by atoms with Gasteiger partial charge in [0.15, 0.2) is 0 Å². The maximum Gasteiger partial charge on any atom is 0.261 e. The molecule has 0 aliphatic carbocycles. The van der Waals surface area contributed by atoms with Crippen LogP contribution >= 0.6 is 24.0 Å². The Morgan fingerprint density at radius 2 is 1.52 bits per heavy atom. The van der Waals surface area contributed by atoms with Crippen LogP contribution in [0.5, 0.6) is 0 Å². The van der Waals surface area contributed by atoms with Crippen molar-refractivity contribution in [3.05, 3.63) is 64.2 Å². The molecule has 7 heteroatoms. The number of piperazine rings is 1. The lowest BCUT2D eigenvalue weighted by Gasteiger charge is -2.37. The quantitative estimate of drug-likeness (QED) is 0.671. The SMILES string of the molecule is Cc1ccc(Cl)cc1N1CCN(CCCN2C(=O)c3ccccc3C2=O)CC1.Cl. The van der Waals surface area contributed by atoms with Crippen LogP contribution in [0.4, 0.5) is 5.69 Å². The Labute approximate surface area is 182 Å². The summed E-state index contributed by atoms with van der Waals surface area (Å²) in [6, 6.07) is 13.1. The number of halogens is 2. The van der Waals surface area contributed by atoms with Crippen molar-refractivity contribution in [1.82, 2.24) is 9.80 Å². The van der Waals surface area contributed by atoms with Crippen LogP contribution in [0.2, 0.25) is 5.02 Å². The minimum Gasteiger partial charge on any atom is -0.369 e. The molecular formula is C22H25Cl2N3O2. The van der Waals surface area contributed by atoms with Crippen molar-refractivity contribution in [3.63, 3.8) is 0 Å². The summed E-state index contributed by atoms with van der Waals surface area (Å²) in [6.45, 7) is 7.31. The van der Waals surface area contributed by atoms with Crippen LogP contribution in [0.3, 0.4) is 0 Å². The first-order chi connectivity index (χ1) is 13.5. The first kappa shape index (κ1) is 21.6. The van der Waals surface area contributed by atoms with E-state index in [4.69, 9.17) is 11.6 Å². The number of carbonyl (C=O) groups excluding carboxylic acids is 2. The number of fused-ring (bicyclic) bond motifs is 1. The molecule has 1 saturated heterocycles. The molecule has 5 nitrogen and oxygen atoms in total. The number of nitrogens with zero attached hydrogens (tertiary/aromatic N) is 3. The number of benzene rings is 2. The topological polar surface area (TPSA) is 43.9 Å². The number of aryl methyl sites for hydroxylation is 1. The molecule has 0 aromatic heterocycles. The Kier molecular flexibility index (Phi) is 6.83. The molecule has 2 aliphatic heterocycles. The van der Waals surface area contributed by atoms with Gasteiger partial charge in [-0.3, -0.25) is 19.4 Å². The lowest BCUT2D eigenvalue weighted by atomic mass is 10.1. The summed E-state index contributed by atoms with van der Waals surface area (Å²) in [5.41, 5.74) is 3.50. The number of rotatable bonds is 5. The van der Waals surface area contributed by atoms with E-state index in [1.165, 1.54) is 16.2 Å². The highest BCUT2D eigenvalue weighted by atomic mass is 35.5. The predicted molar refractivity (Wildman–Crippen MR) is 119 cm³/mol. The summed E-state index contributed by atoms with van der Waals surface area (Å²) in [5, 5.41) is 0.768. The van der Waals surface area contributed by atoms with E-state index in [0.717, 1.165) is 44.2 Å². The number of anilines is 1. The maximum atomic E-state index is 12.4. The molecule has 2 aromatic rings. The van der Waals surface area contributed by atoms with Gasteiger partial charge < -0.3 is 4.90 Å². The Morgan fingerprint density at radius 3 is 2.14 bits per heavy atom. The third-order valence-corrected chi connectivity index (χ3v) is 5.85. The van der Waals surface area contributed by atoms with Crippen LogP contribution in [0.1, 0.15) is 32.7 Å². The Balaban J connectivity index is 0.00000240. The van der Waals surface area contributed by atoms with Gasteiger partial charge in [0, 0.05) is 43.4 Å². The fourth-order valence-electron chi connectivity index (χ4n) is 4.03. The van der Waals surface area contributed by atoms with Crippen LogP contribution in [0.15, 0.2) is 42.5 Å². The van der Waals surface area contributed by atoms with Crippen molar-refractivity contribution in [2.75, 3.05) is 44.2 Å². The summed E-state index contributed by atoms with van der Waals surface area (Å²) >= 11 is 6.16. The van der Waals surface area contributed by atoms with Gasteiger partial charge in [-0.15, -0.1) is 12.4 Å². The summed E-state index contributed by atoms with van der Waals surface area (Å²) < 4.78 is 0. The lowest BCUT2D eigenvalue weighted by molar-refractivity contribution is 0.0647. The average Bonchev–Trinajstić information content (AvgIpc) is 2.95. The first-order valence-corrected chi connectivity index (χ1v) is 10.1. The number of hydrogen-bond donors (Lipinski definition) is 0. The zero-order valence-corrected chi connectivity index (χ0v) is 18.0. The Morgan fingerprint density at radius 1 is 0.897 bits per heavy atom. The maximum absolute atomic E-state index is 12.4. The minimum absolute atomic E-state index is 0. The van der Waals surface area contributed by atoms with Crippen molar-refractivity contribution < 1.29 is 9.59 Å². The summed E-state index contributed by atoms with van der Waals surface area (Å²) in [6.07, 6.45) is 0.793. The molecule has 1 fully saturated rings. The standard InChI is InChI=1S/C22H24ClN3O2.ClH/c1-16-7-8-17(23)15-20(16)25-13-11-24(12-14-25)9-4-10-26-21(27)18-5-2-3-6-19(18)22(26)28;/h2-3,5-8,15H,4,9-14H2,1H3;1H. The lowest BCUT2D eigenvalue weighted by Crippen LogP contribution is -2.47. The molecule has 29 heavy (non-hydrogen) atoms. The highest BCUT2D eigenvalue weighted by Crippen LogP contribution is 2.26. The molecule has 2 heterocycles. The third-order valence-electron chi connectivity index (χ3n) is 5.62. The van der Waals surface area contributed by atoms with Gasteiger partial charge in [-0.1, -0.05) is 29.8 Å². The van der Waals surface area contributed by atoms with Crippen molar-refractivity contribution in [2.24, 2.45) is 0 Å². The van der Waals surface area contributed by atoms with Crippen LogP contribution in [0, 0.1) is 6.92 Å². The number of hydrogen-bond acceptors (Lipinski definition) is 4. The molecule has 4 rings (SSSR count). The van der Waals surface area contributed by atoms with Crippen LogP contribution < -0.4 is 4.90 Å². The van der Waals surface area contributed by atoms with Gasteiger partial charge >= 0.3 is 0 Å². The van der Waals surface area contributed by atoms with Crippen LogP contribution in [-0.2, 0) is 0 Å². The third kappa shape index (κ3) is 4.42. The van der Waals surface area contributed by atoms with Gasteiger partial charge in [0.1, 0.15) is 0 Å². The van der Waals surface area contributed by atoms with Crippen LogP contribution in [0.25, 0.3) is 0 Å². The van der Waals surface area contributed by atoms with Crippen molar-refractivity contribution in [2.45, 2.75) is 13.3 Å². The van der Waals surface area contributed by atoms with E-state index in [0.29, 0.717) is 17.7 Å². The van der Waals surface area contributed by atoms with Crippen molar-refractivity contribution in [3.8, 4) is 0 Å². The zero-order valence-electron chi connectivity index (χ0n) is 16.4. The molecule has 0 N–H and O–H groups in total. The van der Waals surface area contributed by atoms with E-state index in [-0.39, 0.29) is 24.2 Å². The van der Waals surface area contributed by atoms with E-state index in [1.54, 1.807) is 24.3 Å². The monoisotopic (exact) mass is 433 g/mol. The Bertz CT molecular complexity index is 876. The molecule has 0 saturated carbocycles. The van der Waals surface area contributed by atoms with E-state index in [1.807, 2.05) is 12.1 Å². The fraction of sp³-hybridized carbons (Fsp3) is 0.364. The number of imide groups is 1. The van der Waals surface area contributed by atoms with Gasteiger partial charge in [-0.2, -0.15) is 0 Å². The van der Waals surface area contributed by atoms with E-state index >= 15 is 0 Å². The van der Waals surface area contributed by atoms with E-state index in [9.17, 15) is 9.59 Å². The Hall–Kier alpha value is -2.08. The predicted octanol–water partition coefficient (Wildman–Crippen LogP) is 3.88. The highest BCUT2D eigenvalue weighted by Gasteiger charge is 2.34. The summed E-state index contributed by atoms with van der Waals surface area (Å²) in [7, 11) is 0. The van der Waals surface area contributed by atoms with E-state index < -0.39 is 0 Å². The first-order valence-electron chi connectivity index (χ1n) is 9.73. The average molecular weight is 434 g/mol. The largest absolute Gasteiger partial charge is 0.369 e. The number of amides is 2. The smallest absolute Gasteiger partial charge is 0.261 e. The second-order valence-corrected chi connectivity index (χ2v) is 7.86. The van der Waals surface area contributed by atoms with Gasteiger partial charge in [0.25, 0.3) is 11.8 Å². The van der Waals surface area contributed by atoms with Crippen LogP contribution in [-0.4, -0.2) is 60.9 Å². The molecule has 0 bridgehead atoms. The molecular weight excluding hydrogens is 409 g/mol. The van der Waals surface area contributed by atoms with Crippen molar-refractivity contribution >= 4 is 41.5 Å². The molecule has 2 amide bonds. The van der Waals surface area contributed by atoms with E-state index in [2.05, 4.69) is 22.8 Å². The van der Waals surface area contributed by atoms with Gasteiger partial charge in [0.2, 0.25) is 0 Å². The summed E-state index contributed by atoms with van der Waals surface area (Å²) in [5.74, 6) is -0.330. The van der Waals surface area contributed by atoms with Crippen molar-refractivity contribution in [1.29, 1.82) is 0 Å². The second kappa shape index (κ2) is 9.16. The molecule has 2 aliphatic rings. The molecule has 0 radical (unpaired) electrons. The number of carbonyl (C=O) groups is 2. The highest BCUT2D eigenvalue weighted by molar-refractivity contribution is 6.30. The molecule has 2 aromatic carbocycles. The molecule has 0 unspecified atom stereocenters.